The summed E-state index contributed by atoms with van der Waals surface area (Å²) < 4.78 is 33.8. The number of rotatable bonds is 4. The van der Waals surface area contributed by atoms with E-state index in [0.29, 0.717) is 12.2 Å². The molecule has 1 heterocycles. The van der Waals surface area contributed by atoms with Gasteiger partial charge < -0.3 is 10.1 Å². The highest BCUT2D eigenvalue weighted by Crippen LogP contribution is 2.29. The van der Waals surface area contributed by atoms with Crippen LogP contribution in [0.25, 0.3) is 11.1 Å². The lowest BCUT2D eigenvalue weighted by Crippen LogP contribution is -2.16. The first-order valence-electron chi connectivity index (χ1n) is 7.10. The van der Waals surface area contributed by atoms with Crippen molar-refractivity contribution < 1.29 is 13.5 Å². The highest BCUT2D eigenvalue weighted by atomic mass is 19.1. The van der Waals surface area contributed by atoms with Gasteiger partial charge in [0, 0.05) is 6.54 Å². The zero-order valence-corrected chi connectivity index (χ0v) is 11.6. The molecule has 0 amide bonds. The quantitative estimate of drug-likeness (QED) is 0.930. The molecule has 1 N–H and O–H groups in total. The Balaban J connectivity index is 1.88. The Morgan fingerprint density at radius 3 is 2.52 bits per heavy atom. The Hall–Kier alpha value is -1.78. The van der Waals surface area contributed by atoms with Crippen LogP contribution in [0.5, 0.6) is 0 Å². The fraction of sp³-hybridized carbons (Fsp3) is 0.294. The summed E-state index contributed by atoms with van der Waals surface area (Å²) in [6.07, 6.45) is 1.14. The number of hydrogen-bond acceptors (Lipinski definition) is 2. The van der Waals surface area contributed by atoms with Crippen molar-refractivity contribution in [2.24, 2.45) is 0 Å². The van der Waals surface area contributed by atoms with E-state index in [1.165, 1.54) is 18.2 Å². The molecule has 0 bridgehead atoms. The topological polar surface area (TPSA) is 21.3 Å². The monoisotopic (exact) mass is 289 g/mol. The van der Waals surface area contributed by atoms with E-state index in [2.05, 4.69) is 5.32 Å². The van der Waals surface area contributed by atoms with Crippen LogP contribution in [0.3, 0.4) is 0 Å². The zero-order valence-electron chi connectivity index (χ0n) is 11.6. The van der Waals surface area contributed by atoms with Crippen LogP contribution in [0, 0.1) is 11.6 Å². The van der Waals surface area contributed by atoms with Crippen LogP contribution < -0.4 is 5.32 Å². The minimum Gasteiger partial charge on any atom is -0.372 e. The summed E-state index contributed by atoms with van der Waals surface area (Å²) in [5.74, 6) is -1.10. The van der Waals surface area contributed by atoms with E-state index in [9.17, 15) is 8.78 Å². The second-order valence-corrected chi connectivity index (χ2v) is 5.18. The van der Waals surface area contributed by atoms with Gasteiger partial charge in [-0.3, -0.25) is 0 Å². The van der Waals surface area contributed by atoms with Crippen LogP contribution in [0.1, 0.15) is 12.0 Å². The molecule has 0 radical (unpaired) electrons. The molecule has 1 saturated heterocycles. The van der Waals surface area contributed by atoms with E-state index >= 15 is 0 Å². The Bertz CT molecular complexity index is 604. The summed E-state index contributed by atoms with van der Waals surface area (Å²) >= 11 is 0. The Kier molecular flexibility index (Phi) is 4.27. The van der Waals surface area contributed by atoms with E-state index in [1.807, 2.05) is 12.1 Å². The number of halogens is 2. The highest BCUT2D eigenvalue weighted by Gasteiger charge is 2.17. The summed E-state index contributed by atoms with van der Waals surface area (Å²) in [5, 5.41) is 3.23. The fourth-order valence-corrected chi connectivity index (χ4v) is 2.62. The Morgan fingerprint density at radius 2 is 1.81 bits per heavy atom. The lowest BCUT2D eigenvalue weighted by molar-refractivity contribution is 0.0544. The number of nitrogens with one attached hydrogen (secondary N) is 1. The molecule has 4 heteroatoms. The molecule has 2 aromatic carbocycles. The molecule has 0 aliphatic carbocycles. The molecule has 2 nitrogen and oxygen atoms in total. The molecule has 110 valence electrons. The summed E-state index contributed by atoms with van der Waals surface area (Å²) in [4.78, 5) is 0. The van der Waals surface area contributed by atoms with E-state index in [-0.39, 0.29) is 11.7 Å². The van der Waals surface area contributed by atoms with Crippen LogP contribution >= 0.6 is 0 Å². The van der Waals surface area contributed by atoms with Crippen molar-refractivity contribution in [2.75, 3.05) is 13.1 Å². The SMILES string of the molecule is Fc1cccc(F)c1-c1ccccc1CO[C@H]1CCNC1. The minimum absolute atomic E-state index is 0.0150. The molecule has 1 aliphatic heterocycles. The molecule has 1 fully saturated rings. The van der Waals surface area contributed by atoms with Crippen LogP contribution in [0.15, 0.2) is 42.5 Å². The molecular formula is C17H17F2NO. The predicted octanol–water partition coefficient (Wildman–Crippen LogP) is 3.51. The van der Waals surface area contributed by atoms with Crippen molar-refractivity contribution in [3.63, 3.8) is 0 Å². The molecule has 0 saturated carbocycles. The first-order valence-corrected chi connectivity index (χ1v) is 7.10. The van der Waals surface area contributed by atoms with Gasteiger partial charge in [0.05, 0.1) is 18.3 Å². The summed E-state index contributed by atoms with van der Waals surface area (Å²) in [7, 11) is 0. The average molecular weight is 289 g/mol. The van der Waals surface area contributed by atoms with Crippen LogP contribution in [0.2, 0.25) is 0 Å². The van der Waals surface area contributed by atoms with E-state index < -0.39 is 11.6 Å². The molecule has 1 atom stereocenters. The maximum atomic E-state index is 14.0. The maximum absolute atomic E-state index is 14.0. The number of ether oxygens (including phenoxy) is 1. The minimum atomic E-state index is -0.551. The third kappa shape index (κ3) is 3.12. The lowest BCUT2D eigenvalue weighted by atomic mass is 9.99. The Morgan fingerprint density at radius 1 is 1.05 bits per heavy atom. The predicted molar refractivity (Wildman–Crippen MR) is 77.9 cm³/mol. The van der Waals surface area contributed by atoms with Gasteiger partial charge in [-0.1, -0.05) is 30.3 Å². The molecule has 0 spiro atoms. The van der Waals surface area contributed by atoms with Crippen molar-refractivity contribution in [1.29, 1.82) is 0 Å². The van der Waals surface area contributed by atoms with E-state index in [4.69, 9.17) is 4.74 Å². The van der Waals surface area contributed by atoms with Crippen LogP contribution in [0.4, 0.5) is 8.78 Å². The highest BCUT2D eigenvalue weighted by molar-refractivity contribution is 5.68. The molecule has 1 aliphatic rings. The fourth-order valence-electron chi connectivity index (χ4n) is 2.62. The summed E-state index contributed by atoms with van der Waals surface area (Å²) in [6, 6.07) is 11.1. The average Bonchev–Trinajstić information content (AvgIpc) is 2.99. The van der Waals surface area contributed by atoms with Gasteiger partial charge in [0.25, 0.3) is 0 Å². The van der Waals surface area contributed by atoms with Gasteiger partial charge in [0.1, 0.15) is 11.6 Å². The van der Waals surface area contributed by atoms with Crippen LogP contribution in [-0.2, 0) is 11.3 Å². The van der Waals surface area contributed by atoms with Gasteiger partial charge in [0.2, 0.25) is 0 Å². The van der Waals surface area contributed by atoms with Gasteiger partial charge in [-0.25, -0.2) is 8.78 Å². The first-order chi connectivity index (χ1) is 10.3. The Labute approximate surface area is 122 Å². The summed E-state index contributed by atoms with van der Waals surface area (Å²) in [5.41, 5.74) is 1.37. The standard InChI is InChI=1S/C17H17F2NO/c18-15-6-3-7-16(19)17(15)14-5-2-1-4-12(14)11-21-13-8-9-20-10-13/h1-7,13,20H,8-11H2/t13-/m0/s1. The molecule has 0 aromatic heterocycles. The largest absolute Gasteiger partial charge is 0.372 e. The third-order valence-electron chi connectivity index (χ3n) is 3.74. The number of hydrogen-bond donors (Lipinski definition) is 1. The van der Waals surface area contributed by atoms with Crippen molar-refractivity contribution >= 4 is 0 Å². The van der Waals surface area contributed by atoms with Gasteiger partial charge in [-0.05, 0) is 36.2 Å². The second kappa shape index (κ2) is 6.33. The second-order valence-electron chi connectivity index (χ2n) is 5.18. The lowest BCUT2D eigenvalue weighted by Gasteiger charge is -2.14. The van der Waals surface area contributed by atoms with Gasteiger partial charge in [0.15, 0.2) is 0 Å². The van der Waals surface area contributed by atoms with Crippen molar-refractivity contribution in [3.05, 3.63) is 59.7 Å². The zero-order chi connectivity index (χ0) is 14.7. The molecule has 2 aromatic rings. The van der Waals surface area contributed by atoms with Gasteiger partial charge in [-0.2, -0.15) is 0 Å². The smallest absolute Gasteiger partial charge is 0.133 e. The summed E-state index contributed by atoms with van der Waals surface area (Å²) in [6.45, 7) is 2.14. The molecule has 21 heavy (non-hydrogen) atoms. The molecule has 0 unspecified atom stereocenters. The molecule has 3 rings (SSSR count). The van der Waals surface area contributed by atoms with Gasteiger partial charge in [-0.15, -0.1) is 0 Å². The van der Waals surface area contributed by atoms with E-state index in [0.717, 1.165) is 25.1 Å². The normalized spacial score (nSPS) is 18.1. The molecular weight excluding hydrogens is 272 g/mol. The third-order valence-corrected chi connectivity index (χ3v) is 3.74. The van der Waals surface area contributed by atoms with Crippen LogP contribution in [-0.4, -0.2) is 19.2 Å². The van der Waals surface area contributed by atoms with Crippen molar-refractivity contribution in [2.45, 2.75) is 19.1 Å². The van der Waals surface area contributed by atoms with Crippen molar-refractivity contribution in [1.82, 2.24) is 5.32 Å². The van der Waals surface area contributed by atoms with Crippen molar-refractivity contribution in [3.8, 4) is 11.1 Å². The number of benzene rings is 2. The van der Waals surface area contributed by atoms with Gasteiger partial charge >= 0.3 is 0 Å². The maximum Gasteiger partial charge on any atom is 0.133 e. The first kappa shape index (κ1) is 14.2. The van der Waals surface area contributed by atoms with E-state index in [1.54, 1.807) is 12.1 Å².